The molecule has 0 unspecified atom stereocenters. The van der Waals surface area contributed by atoms with Gasteiger partial charge in [0.1, 0.15) is 6.61 Å². The van der Waals surface area contributed by atoms with E-state index < -0.39 is 0 Å². The molecule has 6 heteroatoms. The lowest BCUT2D eigenvalue weighted by Gasteiger charge is -2.01. The molecule has 1 aliphatic heterocycles. The molecule has 16 heavy (non-hydrogen) atoms. The normalized spacial score (nSPS) is 25.1. The molecule has 1 aliphatic rings. The van der Waals surface area contributed by atoms with Crippen molar-refractivity contribution in [1.29, 1.82) is 0 Å². The number of hydrogen-bond acceptors (Lipinski definition) is 6. The monoisotopic (exact) mass is 227 g/mol. The summed E-state index contributed by atoms with van der Waals surface area (Å²) < 4.78 is 10.4. The van der Waals surface area contributed by atoms with Crippen LogP contribution in [-0.2, 0) is 11.3 Å². The Morgan fingerprint density at radius 2 is 2.50 bits per heavy atom. The second-order valence-corrected chi connectivity index (χ2v) is 3.95. The van der Waals surface area contributed by atoms with Crippen LogP contribution in [0.1, 0.15) is 37.5 Å². The maximum Gasteiger partial charge on any atom is 0.243 e. The van der Waals surface area contributed by atoms with E-state index in [2.05, 4.69) is 15.5 Å². The van der Waals surface area contributed by atoms with Crippen molar-refractivity contribution in [3.8, 4) is 0 Å². The highest BCUT2D eigenvalue weighted by atomic mass is 16.5. The molecule has 0 bridgehead atoms. The van der Waals surface area contributed by atoms with E-state index >= 15 is 0 Å². The van der Waals surface area contributed by atoms with E-state index in [1.807, 2.05) is 6.92 Å². The number of nitrogens with zero attached hydrogens (tertiary/aromatic N) is 2. The molecule has 1 saturated heterocycles. The molecule has 1 fully saturated rings. The van der Waals surface area contributed by atoms with Crippen LogP contribution in [-0.4, -0.2) is 34.5 Å². The maximum atomic E-state index is 9.36. The minimum atomic E-state index is -0.323. The first kappa shape index (κ1) is 11.5. The van der Waals surface area contributed by atoms with Crippen LogP contribution in [0.15, 0.2) is 4.52 Å². The van der Waals surface area contributed by atoms with E-state index in [1.165, 1.54) is 0 Å². The molecule has 0 amide bonds. The van der Waals surface area contributed by atoms with Crippen LogP contribution in [0, 0.1) is 0 Å². The lowest BCUT2D eigenvalue weighted by molar-refractivity contribution is 0.114. The molecular weight excluding hydrogens is 210 g/mol. The van der Waals surface area contributed by atoms with Crippen LogP contribution >= 0.6 is 0 Å². The molecule has 0 aliphatic carbocycles. The Hall–Kier alpha value is -0.980. The molecule has 2 heterocycles. The first-order valence-corrected chi connectivity index (χ1v) is 5.61. The summed E-state index contributed by atoms with van der Waals surface area (Å²) in [5.74, 6) is 1.10. The second-order valence-electron chi connectivity index (χ2n) is 3.95. The molecular formula is C10H17N3O3. The Morgan fingerprint density at radius 3 is 3.19 bits per heavy atom. The maximum absolute atomic E-state index is 9.36. The number of aromatic nitrogens is 2. The van der Waals surface area contributed by atoms with Gasteiger partial charge in [-0.2, -0.15) is 4.98 Å². The molecule has 2 rings (SSSR count). The lowest BCUT2D eigenvalue weighted by atomic mass is 10.2. The highest BCUT2D eigenvalue weighted by molar-refractivity contribution is 4.96. The average Bonchev–Trinajstić information content (AvgIpc) is 2.87. The number of aliphatic hydroxyl groups is 1. The number of ether oxygens (including phenoxy) is 1. The zero-order chi connectivity index (χ0) is 11.4. The van der Waals surface area contributed by atoms with Crippen molar-refractivity contribution in [3.63, 3.8) is 0 Å². The van der Waals surface area contributed by atoms with Crippen molar-refractivity contribution in [3.05, 3.63) is 11.7 Å². The molecule has 2 atom stereocenters. The van der Waals surface area contributed by atoms with Gasteiger partial charge in [-0.25, -0.2) is 0 Å². The van der Waals surface area contributed by atoms with Crippen LogP contribution in [0.3, 0.4) is 0 Å². The summed E-state index contributed by atoms with van der Waals surface area (Å²) in [6, 6.07) is -0.0255. The Morgan fingerprint density at radius 1 is 1.62 bits per heavy atom. The fraction of sp³-hybridized carbons (Fsp3) is 0.800. The third kappa shape index (κ3) is 2.78. The molecule has 0 spiro atoms. The van der Waals surface area contributed by atoms with Crippen LogP contribution < -0.4 is 5.32 Å². The summed E-state index contributed by atoms with van der Waals surface area (Å²) in [7, 11) is 0. The number of aliphatic hydroxyl groups excluding tert-OH is 1. The average molecular weight is 227 g/mol. The van der Waals surface area contributed by atoms with Crippen LogP contribution in [0.4, 0.5) is 0 Å². The SMILES string of the molecule is CCCOCc1noc([C@@H]2C[C@H](O)CN2)n1. The molecule has 1 aromatic heterocycles. The van der Waals surface area contributed by atoms with Gasteiger partial charge < -0.3 is 19.7 Å². The van der Waals surface area contributed by atoms with Gasteiger partial charge in [0.2, 0.25) is 5.89 Å². The highest BCUT2D eigenvalue weighted by Crippen LogP contribution is 2.21. The van der Waals surface area contributed by atoms with Gasteiger partial charge in [0.05, 0.1) is 12.1 Å². The smallest absolute Gasteiger partial charge is 0.243 e. The number of β-amino-alcohol motifs (C(OH)–C–C–N with tert-alkyl or cyclic N) is 1. The molecule has 0 saturated carbocycles. The van der Waals surface area contributed by atoms with Gasteiger partial charge in [0.25, 0.3) is 0 Å². The molecule has 0 aromatic carbocycles. The summed E-state index contributed by atoms with van der Waals surface area (Å²) in [5.41, 5.74) is 0. The van der Waals surface area contributed by atoms with Crippen LogP contribution in [0.5, 0.6) is 0 Å². The first-order chi connectivity index (χ1) is 7.79. The third-order valence-corrected chi connectivity index (χ3v) is 2.47. The van der Waals surface area contributed by atoms with Gasteiger partial charge in [-0.05, 0) is 12.8 Å². The summed E-state index contributed by atoms with van der Waals surface area (Å²) >= 11 is 0. The van der Waals surface area contributed by atoms with Gasteiger partial charge in [-0.15, -0.1) is 0 Å². The Labute approximate surface area is 94.0 Å². The van der Waals surface area contributed by atoms with E-state index in [0.29, 0.717) is 37.9 Å². The van der Waals surface area contributed by atoms with Gasteiger partial charge in [-0.3, -0.25) is 0 Å². The van der Waals surface area contributed by atoms with E-state index in [1.54, 1.807) is 0 Å². The van der Waals surface area contributed by atoms with Gasteiger partial charge in [-0.1, -0.05) is 12.1 Å². The standard InChI is InChI=1S/C10H17N3O3/c1-2-3-15-6-9-12-10(16-13-9)8-4-7(14)5-11-8/h7-8,11,14H,2-6H2,1H3/t7-,8-/m0/s1. The molecule has 6 nitrogen and oxygen atoms in total. The second kappa shape index (κ2) is 5.38. The number of nitrogens with one attached hydrogen (secondary N) is 1. The summed E-state index contributed by atoms with van der Waals surface area (Å²) in [5, 5.41) is 16.3. The van der Waals surface area contributed by atoms with Crippen molar-refractivity contribution in [1.82, 2.24) is 15.5 Å². The minimum absolute atomic E-state index is 0.0255. The molecule has 2 N–H and O–H groups in total. The predicted molar refractivity (Wildman–Crippen MR) is 55.6 cm³/mol. The van der Waals surface area contributed by atoms with Crippen molar-refractivity contribution in [2.75, 3.05) is 13.2 Å². The van der Waals surface area contributed by atoms with Crippen molar-refractivity contribution in [2.24, 2.45) is 0 Å². The molecule has 90 valence electrons. The number of hydrogen-bond donors (Lipinski definition) is 2. The van der Waals surface area contributed by atoms with E-state index in [-0.39, 0.29) is 12.1 Å². The van der Waals surface area contributed by atoms with E-state index in [0.717, 1.165) is 6.42 Å². The fourth-order valence-corrected chi connectivity index (χ4v) is 1.68. The van der Waals surface area contributed by atoms with E-state index in [4.69, 9.17) is 9.26 Å². The minimum Gasteiger partial charge on any atom is -0.392 e. The fourth-order valence-electron chi connectivity index (χ4n) is 1.68. The Kier molecular flexibility index (Phi) is 3.87. The van der Waals surface area contributed by atoms with Crippen molar-refractivity contribution < 1.29 is 14.4 Å². The third-order valence-electron chi connectivity index (χ3n) is 2.47. The van der Waals surface area contributed by atoms with E-state index in [9.17, 15) is 5.11 Å². The zero-order valence-corrected chi connectivity index (χ0v) is 9.35. The topological polar surface area (TPSA) is 80.4 Å². The summed E-state index contributed by atoms with van der Waals surface area (Å²) in [6.07, 6.45) is 1.27. The largest absolute Gasteiger partial charge is 0.392 e. The molecule has 0 radical (unpaired) electrons. The Bertz CT molecular complexity index is 329. The summed E-state index contributed by atoms with van der Waals surface area (Å²) in [6.45, 7) is 3.71. The Balaban J connectivity index is 1.87. The van der Waals surface area contributed by atoms with Gasteiger partial charge in [0, 0.05) is 13.2 Å². The lowest BCUT2D eigenvalue weighted by Crippen LogP contribution is -2.15. The first-order valence-electron chi connectivity index (χ1n) is 5.61. The summed E-state index contributed by atoms with van der Waals surface area (Å²) in [4.78, 5) is 4.22. The zero-order valence-electron chi connectivity index (χ0n) is 9.35. The van der Waals surface area contributed by atoms with Crippen molar-refractivity contribution in [2.45, 2.75) is 38.5 Å². The number of rotatable bonds is 5. The quantitative estimate of drug-likeness (QED) is 0.708. The van der Waals surface area contributed by atoms with Gasteiger partial charge >= 0.3 is 0 Å². The highest BCUT2D eigenvalue weighted by Gasteiger charge is 2.27. The van der Waals surface area contributed by atoms with Crippen LogP contribution in [0.25, 0.3) is 0 Å². The van der Waals surface area contributed by atoms with Crippen molar-refractivity contribution >= 4 is 0 Å². The van der Waals surface area contributed by atoms with Gasteiger partial charge in [0.15, 0.2) is 5.82 Å². The predicted octanol–water partition coefficient (Wildman–Crippen LogP) is 0.392. The van der Waals surface area contributed by atoms with Crippen LogP contribution in [0.2, 0.25) is 0 Å². The molecule has 1 aromatic rings.